The van der Waals surface area contributed by atoms with Crippen molar-refractivity contribution in [3.05, 3.63) is 64.2 Å². The molecule has 4 heteroatoms. The highest BCUT2D eigenvalue weighted by atomic mass is 16.3. The van der Waals surface area contributed by atoms with Gasteiger partial charge in [-0.2, -0.15) is 0 Å². The molecule has 2 rings (SSSR count). The van der Waals surface area contributed by atoms with Crippen LogP contribution in [-0.4, -0.2) is 11.0 Å². The summed E-state index contributed by atoms with van der Waals surface area (Å²) < 4.78 is 0. The van der Waals surface area contributed by atoms with E-state index in [9.17, 15) is 9.90 Å². The normalized spacial score (nSPS) is 10.3. The third kappa shape index (κ3) is 2.81. The molecule has 4 N–H and O–H groups in total. The van der Waals surface area contributed by atoms with E-state index in [1.54, 1.807) is 6.07 Å². The lowest BCUT2D eigenvalue weighted by Gasteiger charge is -2.10. The van der Waals surface area contributed by atoms with Crippen LogP contribution in [-0.2, 0) is 6.42 Å². The van der Waals surface area contributed by atoms with Crippen molar-refractivity contribution < 1.29 is 9.90 Å². The highest BCUT2D eigenvalue weighted by Gasteiger charge is 2.11. The maximum absolute atomic E-state index is 11.6. The number of rotatable bonds is 3. The Morgan fingerprint density at radius 3 is 2.70 bits per heavy atom. The summed E-state index contributed by atoms with van der Waals surface area (Å²) in [6.45, 7) is 4.15. The summed E-state index contributed by atoms with van der Waals surface area (Å²) >= 11 is 0. The summed E-state index contributed by atoms with van der Waals surface area (Å²) in [7, 11) is 0. The average molecular weight is 270 g/mol. The Morgan fingerprint density at radius 2 is 2.00 bits per heavy atom. The number of aromatic hydroxyl groups is 1. The van der Waals surface area contributed by atoms with E-state index in [4.69, 9.17) is 5.84 Å². The lowest BCUT2D eigenvalue weighted by atomic mass is 9.96. The summed E-state index contributed by atoms with van der Waals surface area (Å²) in [6.07, 6.45) is 0.707. The van der Waals surface area contributed by atoms with Gasteiger partial charge in [-0.3, -0.25) is 10.2 Å². The number of nitrogens with two attached hydrogens (primary N) is 1. The van der Waals surface area contributed by atoms with Crippen LogP contribution in [0.15, 0.2) is 36.4 Å². The van der Waals surface area contributed by atoms with Crippen molar-refractivity contribution in [3.8, 4) is 5.75 Å². The third-order valence-corrected chi connectivity index (χ3v) is 3.55. The average Bonchev–Trinajstić information content (AvgIpc) is 2.45. The molecule has 0 saturated carbocycles. The number of nitrogen functional groups attached to an aromatic ring is 1. The van der Waals surface area contributed by atoms with Gasteiger partial charge in [0.1, 0.15) is 5.75 Å². The van der Waals surface area contributed by atoms with Crippen molar-refractivity contribution in [1.29, 1.82) is 0 Å². The van der Waals surface area contributed by atoms with E-state index in [-0.39, 0.29) is 11.3 Å². The minimum Gasteiger partial charge on any atom is -0.507 e. The van der Waals surface area contributed by atoms with Crippen LogP contribution in [0.2, 0.25) is 0 Å². The number of carbonyl (C=O) groups is 1. The van der Waals surface area contributed by atoms with E-state index in [2.05, 4.69) is 26.0 Å². The molecule has 2 aromatic rings. The minimum atomic E-state index is -0.495. The van der Waals surface area contributed by atoms with Crippen molar-refractivity contribution in [2.75, 3.05) is 0 Å². The molecule has 104 valence electrons. The van der Waals surface area contributed by atoms with Gasteiger partial charge in [-0.05, 0) is 54.7 Å². The van der Waals surface area contributed by atoms with Crippen LogP contribution in [0.1, 0.15) is 32.6 Å². The zero-order valence-electron chi connectivity index (χ0n) is 11.6. The summed E-state index contributed by atoms with van der Waals surface area (Å²) in [5, 5.41) is 9.68. The molecule has 20 heavy (non-hydrogen) atoms. The van der Waals surface area contributed by atoms with Crippen LogP contribution in [0.5, 0.6) is 5.75 Å². The van der Waals surface area contributed by atoms with E-state index in [0.717, 1.165) is 5.56 Å². The molecule has 0 radical (unpaired) electrons. The Morgan fingerprint density at radius 1 is 1.25 bits per heavy atom. The van der Waals surface area contributed by atoms with E-state index >= 15 is 0 Å². The van der Waals surface area contributed by atoms with E-state index in [1.165, 1.54) is 22.8 Å². The Kier molecular flexibility index (Phi) is 4.05. The predicted molar refractivity (Wildman–Crippen MR) is 78.5 cm³/mol. The van der Waals surface area contributed by atoms with Gasteiger partial charge in [0, 0.05) is 0 Å². The number of amides is 1. The van der Waals surface area contributed by atoms with Gasteiger partial charge < -0.3 is 5.11 Å². The highest BCUT2D eigenvalue weighted by Crippen LogP contribution is 2.22. The maximum Gasteiger partial charge on any atom is 0.268 e. The molecule has 0 aliphatic heterocycles. The predicted octanol–water partition coefficient (Wildman–Crippen LogP) is 2.20. The Labute approximate surface area is 118 Å². The first-order chi connectivity index (χ1) is 9.52. The molecule has 0 aromatic heterocycles. The second-order valence-electron chi connectivity index (χ2n) is 4.86. The molecule has 4 nitrogen and oxygen atoms in total. The smallest absolute Gasteiger partial charge is 0.268 e. The maximum atomic E-state index is 11.6. The number of aryl methyl sites for hydroxylation is 1. The molecule has 0 heterocycles. The number of hydrogen-bond acceptors (Lipinski definition) is 3. The van der Waals surface area contributed by atoms with Gasteiger partial charge in [0.15, 0.2) is 0 Å². The van der Waals surface area contributed by atoms with E-state index in [1.807, 2.05) is 17.6 Å². The van der Waals surface area contributed by atoms with Crippen LogP contribution in [0.4, 0.5) is 0 Å². The Balaban J connectivity index is 2.35. The highest BCUT2D eigenvalue weighted by molar-refractivity contribution is 5.96. The van der Waals surface area contributed by atoms with Crippen LogP contribution in [0.25, 0.3) is 0 Å². The molecule has 0 aliphatic rings. The SMILES string of the molecule is Cc1cccc(Cc2ccc(O)c(C(=O)NN)c2)c1C. The van der Waals surface area contributed by atoms with E-state index in [0.29, 0.717) is 6.42 Å². The topological polar surface area (TPSA) is 75.3 Å². The van der Waals surface area contributed by atoms with Crippen LogP contribution < -0.4 is 11.3 Å². The first-order valence-corrected chi connectivity index (χ1v) is 6.41. The first-order valence-electron chi connectivity index (χ1n) is 6.41. The van der Waals surface area contributed by atoms with Gasteiger partial charge in [-0.15, -0.1) is 0 Å². The van der Waals surface area contributed by atoms with Gasteiger partial charge in [-0.1, -0.05) is 24.3 Å². The lowest BCUT2D eigenvalue weighted by Crippen LogP contribution is -2.30. The fourth-order valence-corrected chi connectivity index (χ4v) is 2.18. The second kappa shape index (κ2) is 5.75. The van der Waals surface area contributed by atoms with Crippen molar-refractivity contribution in [2.24, 2.45) is 5.84 Å². The molecule has 0 atom stereocenters. The van der Waals surface area contributed by atoms with Crippen LogP contribution >= 0.6 is 0 Å². The molecule has 2 aromatic carbocycles. The molecule has 0 saturated heterocycles. The molecule has 0 bridgehead atoms. The molecule has 0 fully saturated rings. The number of phenolic OH excluding ortho intramolecular Hbond substituents is 1. The molecular weight excluding hydrogens is 252 g/mol. The number of hydrogen-bond donors (Lipinski definition) is 3. The third-order valence-electron chi connectivity index (χ3n) is 3.55. The quantitative estimate of drug-likeness (QED) is 0.454. The zero-order valence-corrected chi connectivity index (χ0v) is 11.6. The largest absolute Gasteiger partial charge is 0.507 e. The number of carbonyl (C=O) groups excluding carboxylic acids is 1. The van der Waals surface area contributed by atoms with Crippen molar-refractivity contribution in [2.45, 2.75) is 20.3 Å². The molecular formula is C16H18N2O2. The summed E-state index contributed by atoms with van der Waals surface area (Å²) in [4.78, 5) is 11.6. The standard InChI is InChI=1S/C16H18N2O2/c1-10-4-3-5-13(11(10)2)8-12-6-7-15(19)14(9-12)16(20)18-17/h3-7,9,19H,8,17H2,1-2H3,(H,18,20). The summed E-state index contributed by atoms with van der Waals surface area (Å²) in [5.74, 6) is 4.54. The fraction of sp³-hybridized carbons (Fsp3) is 0.188. The van der Waals surface area contributed by atoms with Gasteiger partial charge in [0.25, 0.3) is 5.91 Å². The lowest BCUT2D eigenvalue weighted by molar-refractivity contribution is 0.0951. The summed E-state index contributed by atoms with van der Waals surface area (Å²) in [5.41, 5.74) is 6.86. The van der Waals surface area contributed by atoms with Crippen molar-refractivity contribution in [3.63, 3.8) is 0 Å². The minimum absolute atomic E-state index is 0.0716. The van der Waals surface area contributed by atoms with Crippen LogP contribution in [0.3, 0.4) is 0 Å². The summed E-state index contributed by atoms with van der Waals surface area (Å²) in [6, 6.07) is 11.2. The zero-order chi connectivity index (χ0) is 14.7. The molecule has 0 unspecified atom stereocenters. The van der Waals surface area contributed by atoms with E-state index < -0.39 is 5.91 Å². The van der Waals surface area contributed by atoms with Gasteiger partial charge in [-0.25, -0.2) is 5.84 Å². The van der Waals surface area contributed by atoms with Gasteiger partial charge >= 0.3 is 0 Å². The Hall–Kier alpha value is -2.33. The van der Waals surface area contributed by atoms with Gasteiger partial charge in [0.2, 0.25) is 0 Å². The van der Waals surface area contributed by atoms with Crippen molar-refractivity contribution in [1.82, 2.24) is 5.43 Å². The monoisotopic (exact) mass is 270 g/mol. The molecule has 1 amide bonds. The first kappa shape index (κ1) is 14.1. The van der Waals surface area contributed by atoms with Gasteiger partial charge in [0.05, 0.1) is 5.56 Å². The second-order valence-corrected chi connectivity index (χ2v) is 4.86. The Bertz CT molecular complexity index is 651. The number of nitrogens with one attached hydrogen (secondary N) is 1. The number of hydrazine groups is 1. The van der Waals surface area contributed by atoms with Crippen LogP contribution in [0, 0.1) is 13.8 Å². The number of phenols is 1. The molecule has 0 spiro atoms. The number of benzene rings is 2. The molecule has 0 aliphatic carbocycles. The fourth-order valence-electron chi connectivity index (χ4n) is 2.18. The van der Waals surface area contributed by atoms with Crippen molar-refractivity contribution >= 4 is 5.91 Å².